The highest BCUT2D eigenvalue weighted by Crippen LogP contribution is 2.59. The summed E-state index contributed by atoms with van der Waals surface area (Å²) in [5.41, 5.74) is 8.48. The first-order chi connectivity index (χ1) is 23.5. The molecule has 6 aromatic carbocycles. The van der Waals surface area contributed by atoms with E-state index in [-0.39, 0.29) is 5.97 Å². The van der Waals surface area contributed by atoms with Crippen LogP contribution in [0.25, 0.3) is 0 Å². The van der Waals surface area contributed by atoms with Crippen molar-refractivity contribution in [2.75, 3.05) is 16.3 Å². The van der Waals surface area contributed by atoms with Gasteiger partial charge in [0.25, 0.3) is 0 Å². The maximum Gasteiger partial charge on any atom is 0.340 e. The molecule has 48 heavy (non-hydrogen) atoms. The minimum atomic E-state index is -1.20. The molecule has 6 aromatic rings. The first-order valence-corrected chi connectivity index (χ1v) is 16.5. The van der Waals surface area contributed by atoms with E-state index in [1.165, 1.54) is 16.7 Å². The summed E-state index contributed by atoms with van der Waals surface area (Å²) in [7, 11) is 0. The second-order valence-electron chi connectivity index (χ2n) is 12.5. The maximum absolute atomic E-state index is 13.8. The topological polar surface area (TPSA) is 42.0 Å². The number of carbonyl (C=O) groups is 1. The highest BCUT2D eigenvalue weighted by molar-refractivity contribution is 5.97. The number of benzene rings is 6. The van der Waals surface area contributed by atoms with Crippen molar-refractivity contribution < 1.29 is 14.3 Å². The van der Waals surface area contributed by atoms with Gasteiger partial charge in [-0.2, -0.15) is 0 Å². The molecule has 1 spiro atoms. The Morgan fingerprint density at radius 3 is 1.96 bits per heavy atom. The SMILES string of the molecule is CCN(c1ccc(C)cc1)c1ccc2c(c1)Oc1cccc(N(Cc3ccccc3)Cc3ccccc3)c1C21OC(=O)c2ccccc21. The fraction of sp³-hybridized carbons (Fsp3) is 0.140. The second kappa shape index (κ2) is 12.1. The smallest absolute Gasteiger partial charge is 0.340 e. The van der Waals surface area contributed by atoms with Gasteiger partial charge in [0, 0.05) is 53.9 Å². The number of hydrogen-bond acceptors (Lipinski definition) is 5. The molecule has 0 radical (unpaired) electrons. The van der Waals surface area contributed by atoms with Crippen LogP contribution in [0, 0.1) is 6.92 Å². The molecule has 8 rings (SSSR count). The molecule has 2 aliphatic rings. The van der Waals surface area contributed by atoms with Crippen molar-refractivity contribution in [3.05, 3.63) is 185 Å². The van der Waals surface area contributed by atoms with Crippen molar-refractivity contribution in [1.29, 1.82) is 0 Å². The van der Waals surface area contributed by atoms with Crippen molar-refractivity contribution in [3.8, 4) is 11.5 Å². The van der Waals surface area contributed by atoms with Gasteiger partial charge in [0.05, 0.1) is 11.1 Å². The molecule has 1 atom stereocenters. The summed E-state index contributed by atoms with van der Waals surface area (Å²) < 4.78 is 13.5. The van der Waals surface area contributed by atoms with Crippen LogP contribution in [0.15, 0.2) is 146 Å². The number of esters is 1. The van der Waals surface area contributed by atoms with Gasteiger partial charge in [-0.3, -0.25) is 0 Å². The van der Waals surface area contributed by atoms with Crippen LogP contribution in [0.2, 0.25) is 0 Å². The number of nitrogens with zero attached hydrogens (tertiary/aromatic N) is 2. The van der Waals surface area contributed by atoms with E-state index in [2.05, 4.69) is 121 Å². The molecule has 0 bridgehead atoms. The number of rotatable bonds is 8. The number of ether oxygens (including phenoxy) is 2. The lowest BCUT2D eigenvalue weighted by Gasteiger charge is -2.40. The summed E-state index contributed by atoms with van der Waals surface area (Å²) >= 11 is 0. The third kappa shape index (κ3) is 4.99. The average molecular weight is 629 g/mol. The Morgan fingerprint density at radius 2 is 1.27 bits per heavy atom. The van der Waals surface area contributed by atoms with Crippen LogP contribution in [0.3, 0.4) is 0 Å². The Kier molecular flexibility index (Phi) is 7.45. The molecule has 0 fully saturated rings. The highest BCUT2D eigenvalue weighted by atomic mass is 16.6. The molecule has 1 unspecified atom stereocenters. The maximum atomic E-state index is 13.8. The summed E-state index contributed by atoms with van der Waals surface area (Å²) in [5, 5.41) is 0. The summed E-state index contributed by atoms with van der Waals surface area (Å²) in [6.45, 7) is 6.34. The van der Waals surface area contributed by atoms with Crippen molar-refractivity contribution in [2.24, 2.45) is 0 Å². The predicted molar refractivity (Wildman–Crippen MR) is 191 cm³/mol. The monoisotopic (exact) mass is 628 g/mol. The quantitative estimate of drug-likeness (QED) is 0.157. The van der Waals surface area contributed by atoms with Gasteiger partial charge in [-0.15, -0.1) is 0 Å². The van der Waals surface area contributed by atoms with E-state index in [0.29, 0.717) is 30.2 Å². The zero-order valence-corrected chi connectivity index (χ0v) is 27.1. The molecule has 236 valence electrons. The molecule has 0 N–H and O–H groups in total. The number of anilines is 3. The van der Waals surface area contributed by atoms with Crippen LogP contribution in [0.5, 0.6) is 11.5 Å². The van der Waals surface area contributed by atoms with Crippen molar-refractivity contribution in [2.45, 2.75) is 32.5 Å². The fourth-order valence-electron chi connectivity index (χ4n) is 7.20. The zero-order valence-electron chi connectivity index (χ0n) is 27.1. The molecule has 2 aliphatic heterocycles. The van der Waals surface area contributed by atoms with Crippen LogP contribution >= 0.6 is 0 Å². The van der Waals surface area contributed by atoms with Gasteiger partial charge in [-0.05, 0) is 67.4 Å². The number of hydrogen-bond donors (Lipinski definition) is 0. The van der Waals surface area contributed by atoms with Gasteiger partial charge in [-0.25, -0.2) is 4.79 Å². The molecule has 5 heteroatoms. The second-order valence-corrected chi connectivity index (χ2v) is 12.5. The summed E-state index contributed by atoms with van der Waals surface area (Å²) in [6.07, 6.45) is 0. The van der Waals surface area contributed by atoms with Crippen LogP contribution in [0.4, 0.5) is 17.1 Å². The van der Waals surface area contributed by atoms with Crippen molar-refractivity contribution in [3.63, 3.8) is 0 Å². The molecule has 2 heterocycles. The standard InChI is InChI=1S/C43H36N2O3/c1-3-45(33-23-21-30(2)22-24-33)34-25-26-37-40(27-34)47-39-20-12-19-38(41(39)43(37)36-18-11-10-17-35(36)42(46)48-43)44(28-31-13-6-4-7-14-31)29-32-15-8-5-9-16-32/h4-27H,3,28-29H2,1-2H3. The highest BCUT2D eigenvalue weighted by Gasteiger charge is 2.55. The first kappa shape index (κ1) is 29.6. The minimum absolute atomic E-state index is 0.337. The fourth-order valence-corrected chi connectivity index (χ4v) is 7.20. The van der Waals surface area contributed by atoms with Gasteiger partial charge in [0.2, 0.25) is 0 Å². The molecular weight excluding hydrogens is 592 g/mol. The van der Waals surface area contributed by atoms with E-state index in [1.807, 2.05) is 48.5 Å². The number of aryl methyl sites for hydroxylation is 1. The molecule has 0 saturated carbocycles. The lowest BCUT2D eigenvalue weighted by Crippen LogP contribution is -2.36. The Hall–Kier alpha value is -5.81. The third-order valence-electron chi connectivity index (χ3n) is 9.44. The van der Waals surface area contributed by atoms with Gasteiger partial charge in [-0.1, -0.05) is 103 Å². The minimum Gasteiger partial charge on any atom is -0.456 e. The van der Waals surface area contributed by atoms with E-state index in [0.717, 1.165) is 40.3 Å². The summed E-state index contributed by atoms with van der Waals surface area (Å²) in [5.74, 6) is 1.01. The van der Waals surface area contributed by atoms with E-state index in [9.17, 15) is 4.79 Å². The molecule has 0 aromatic heterocycles. The molecular formula is C43H36N2O3. The van der Waals surface area contributed by atoms with Crippen molar-refractivity contribution >= 4 is 23.0 Å². The molecule has 5 nitrogen and oxygen atoms in total. The van der Waals surface area contributed by atoms with Crippen LogP contribution in [-0.2, 0) is 23.4 Å². The zero-order chi connectivity index (χ0) is 32.7. The molecule has 0 amide bonds. The van der Waals surface area contributed by atoms with Crippen LogP contribution in [-0.4, -0.2) is 12.5 Å². The lowest BCUT2D eigenvalue weighted by molar-refractivity contribution is 0.0226. The summed E-state index contributed by atoms with van der Waals surface area (Å²) in [6, 6.07) is 49.7. The number of fused-ring (bicyclic) bond motifs is 6. The lowest BCUT2D eigenvalue weighted by atomic mass is 9.76. The number of carbonyl (C=O) groups excluding carboxylic acids is 1. The van der Waals surface area contributed by atoms with Gasteiger partial charge in [0.15, 0.2) is 5.60 Å². The van der Waals surface area contributed by atoms with E-state index in [1.54, 1.807) is 0 Å². The van der Waals surface area contributed by atoms with E-state index in [4.69, 9.17) is 9.47 Å². The Balaban J connectivity index is 1.33. The van der Waals surface area contributed by atoms with Gasteiger partial charge >= 0.3 is 5.97 Å². The Bertz CT molecular complexity index is 2070. The van der Waals surface area contributed by atoms with Crippen LogP contribution in [0.1, 0.15) is 50.7 Å². The molecule has 0 aliphatic carbocycles. The van der Waals surface area contributed by atoms with Gasteiger partial charge in [0.1, 0.15) is 11.5 Å². The van der Waals surface area contributed by atoms with Crippen molar-refractivity contribution in [1.82, 2.24) is 0 Å². The third-order valence-corrected chi connectivity index (χ3v) is 9.44. The molecule has 0 saturated heterocycles. The Morgan fingerprint density at radius 1 is 0.625 bits per heavy atom. The van der Waals surface area contributed by atoms with E-state index < -0.39 is 5.60 Å². The largest absolute Gasteiger partial charge is 0.456 e. The predicted octanol–water partition coefficient (Wildman–Crippen LogP) is 9.93. The average Bonchev–Trinajstić information content (AvgIpc) is 3.42. The van der Waals surface area contributed by atoms with Gasteiger partial charge < -0.3 is 19.3 Å². The summed E-state index contributed by atoms with van der Waals surface area (Å²) in [4.78, 5) is 18.4. The van der Waals surface area contributed by atoms with Crippen LogP contribution < -0.4 is 14.5 Å². The normalized spacial score (nSPS) is 15.6. The first-order valence-electron chi connectivity index (χ1n) is 16.5. The Labute approximate surface area is 281 Å². The van der Waals surface area contributed by atoms with E-state index >= 15 is 0 Å².